The van der Waals surface area contributed by atoms with Gasteiger partial charge in [0.1, 0.15) is 5.65 Å². The Morgan fingerprint density at radius 1 is 1.11 bits per heavy atom. The molecule has 4 aromatic heterocycles. The summed E-state index contributed by atoms with van der Waals surface area (Å²) >= 11 is 0. The van der Waals surface area contributed by atoms with Crippen LogP contribution in [-0.2, 0) is 0 Å². The van der Waals surface area contributed by atoms with Gasteiger partial charge in [-0.3, -0.25) is 0 Å². The van der Waals surface area contributed by atoms with Crippen molar-refractivity contribution in [2.75, 3.05) is 0 Å². The molecule has 0 aliphatic heterocycles. The van der Waals surface area contributed by atoms with Crippen molar-refractivity contribution in [2.24, 2.45) is 0 Å². The van der Waals surface area contributed by atoms with Gasteiger partial charge < -0.3 is 4.98 Å². The van der Waals surface area contributed by atoms with Crippen molar-refractivity contribution in [1.29, 1.82) is 0 Å². The molecule has 0 aliphatic carbocycles. The molecule has 4 heterocycles. The highest BCUT2D eigenvalue weighted by molar-refractivity contribution is 5.94. The van der Waals surface area contributed by atoms with Crippen LogP contribution in [-0.4, -0.2) is 19.6 Å². The number of rotatable bonds is 1. The Bertz CT molecular complexity index is 841. The predicted octanol–water partition coefficient (Wildman–Crippen LogP) is 2.88. The maximum absolute atomic E-state index is 4.31. The number of H-pyrrole nitrogens is 1. The molecule has 0 aliphatic rings. The first-order valence-corrected chi connectivity index (χ1v) is 5.78. The number of nitrogens with one attached hydrogen (secondary N) is 1. The summed E-state index contributed by atoms with van der Waals surface area (Å²) in [5, 5.41) is 5.34. The number of pyridine rings is 2. The van der Waals surface area contributed by atoms with Gasteiger partial charge in [0.2, 0.25) is 0 Å². The van der Waals surface area contributed by atoms with Gasteiger partial charge in [-0.2, -0.15) is 5.10 Å². The van der Waals surface area contributed by atoms with Gasteiger partial charge >= 0.3 is 0 Å². The number of aromatic nitrogens is 4. The summed E-state index contributed by atoms with van der Waals surface area (Å²) in [7, 11) is 0. The first-order valence-electron chi connectivity index (χ1n) is 5.78. The molecule has 4 aromatic rings. The Hall–Kier alpha value is -2.62. The first-order chi connectivity index (χ1) is 8.92. The molecule has 0 saturated carbocycles. The van der Waals surface area contributed by atoms with Crippen LogP contribution in [0.1, 0.15) is 0 Å². The summed E-state index contributed by atoms with van der Waals surface area (Å²) in [5.41, 5.74) is 4.34. The second-order valence-corrected chi connectivity index (χ2v) is 4.22. The monoisotopic (exact) mass is 234 g/mol. The third kappa shape index (κ3) is 1.26. The average Bonchev–Trinajstić information content (AvgIpc) is 3.04. The number of fused-ring (bicyclic) bond motifs is 2. The number of aromatic amines is 1. The van der Waals surface area contributed by atoms with Crippen molar-refractivity contribution in [3.05, 3.63) is 55.1 Å². The lowest BCUT2D eigenvalue weighted by molar-refractivity contribution is 0.962. The van der Waals surface area contributed by atoms with Crippen LogP contribution in [0.3, 0.4) is 0 Å². The van der Waals surface area contributed by atoms with E-state index in [1.807, 2.05) is 29.0 Å². The van der Waals surface area contributed by atoms with Crippen LogP contribution < -0.4 is 0 Å². The van der Waals surface area contributed by atoms with Gasteiger partial charge in [0.05, 0.1) is 5.52 Å². The molecule has 0 saturated heterocycles. The standard InChI is InChI=1S/C14H10N4/c1-2-12-13(9-16-14(12)15-5-1)10-4-7-18-11(8-10)3-6-17-18/h1-9H,(H,15,16). The zero-order valence-corrected chi connectivity index (χ0v) is 9.54. The first kappa shape index (κ1) is 9.41. The Morgan fingerprint density at radius 3 is 3.11 bits per heavy atom. The summed E-state index contributed by atoms with van der Waals surface area (Å²) in [4.78, 5) is 7.50. The van der Waals surface area contributed by atoms with E-state index >= 15 is 0 Å². The van der Waals surface area contributed by atoms with Crippen LogP contribution in [0.15, 0.2) is 55.1 Å². The zero-order valence-electron chi connectivity index (χ0n) is 9.54. The second kappa shape index (κ2) is 3.43. The van der Waals surface area contributed by atoms with Crippen molar-refractivity contribution in [3.63, 3.8) is 0 Å². The van der Waals surface area contributed by atoms with Gasteiger partial charge in [0.15, 0.2) is 0 Å². The van der Waals surface area contributed by atoms with E-state index in [4.69, 9.17) is 0 Å². The third-order valence-corrected chi connectivity index (χ3v) is 3.16. The third-order valence-electron chi connectivity index (χ3n) is 3.16. The maximum atomic E-state index is 4.31. The maximum Gasteiger partial charge on any atom is 0.137 e. The minimum atomic E-state index is 0.917. The van der Waals surface area contributed by atoms with Gasteiger partial charge in [-0.15, -0.1) is 0 Å². The summed E-state index contributed by atoms with van der Waals surface area (Å²) < 4.78 is 1.86. The lowest BCUT2D eigenvalue weighted by Gasteiger charge is -2.00. The fraction of sp³-hybridized carbons (Fsp3) is 0. The van der Waals surface area contributed by atoms with E-state index in [9.17, 15) is 0 Å². The lowest BCUT2D eigenvalue weighted by Crippen LogP contribution is -1.86. The largest absolute Gasteiger partial charge is 0.346 e. The van der Waals surface area contributed by atoms with Crippen LogP contribution in [0.2, 0.25) is 0 Å². The molecular formula is C14H10N4. The minimum absolute atomic E-state index is 0.917. The molecule has 86 valence electrons. The van der Waals surface area contributed by atoms with Gasteiger partial charge in [0.25, 0.3) is 0 Å². The van der Waals surface area contributed by atoms with Gasteiger partial charge in [-0.1, -0.05) is 0 Å². The molecule has 4 nitrogen and oxygen atoms in total. The van der Waals surface area contributed by atoms with E-state index in [1.54, 1.807) is 12.4 Å². The second-order valence-electron chi connectivity index (χ2n) is 4.22. The molecule has 4 rings (SSSR count). The molecule has 0 unspecified atom stereocenters. The van der Waals surface area contributed by atoms with Crippen LogP contribution >= 0.6 is 0 Å². The highest BCUT2D eigenvalue weighted by Crippen LogP contribution is 2.27. The smallest absolute Gasteiger partial charge is 0.137 e. The van der Waals surface area contributed by atoms with E-state index < -0.39 is 0 Å². The van der Waals surface area contributed by atoms with Crippen molar-refractivity contribution >= 4 is 16.6 Å². The highest BCUT2D eigenvalue weighted by atomic mass is 15.2. The predicted molar refractivity (Wildman–Crippen MR) is 70.3 cm³/mol. The Labute approximate surface area is 103 Å². The van der Waals surface area contributed by atoms with Crippen molar-refractivity contribution in [2.45, 2.75) is 0 Å². The molecule has 0 bridgehead atoms. The summed E-state index contributed by atoms with van der Waals surface area (Å²) in [5.74, 6) is 0. The summed E-state index contributed by atoms with van der Waals surface area (Å²) in [6.07, 6.45) is 7.57. The fourth-order valence-electron chi connectivity index (χ4n) is 2.28. The Kier molecular flexibility index (Phi) is 1.80. The van der Waals surface area contributed by atoms with E-state index in [0.29, 0.717) is 0 Å². The minimum Gasteiger partial charge on any atom is -0.346 e. The molecule has 1 N–H and O–H groups in total. The normalized spacial score (nSPS) is 11.3. The highest BCUT2D eigenvalue weighted by Gasteiger charge is 2.06. The van der Waals surface area contributed by atoms with Crippen LogP contribution in [0.5, 0.6) is 0 Å². The van der Waals surface area contributed by atoms with Crippen LogP contribution in [0.4, 0.5) is 0 Å². The quantitative estimate of drug-likeness (QED) is 0.550. The van der Waals surface area contributed by atoms with Crippen LogP contribution in [0.25, 0.3) is 27.7 Å². The molecule has 0 aromatic carbocycles. The fourth-order valence-corrected chi connectivity index (χ4v) is 2.28. The van der Waals surface area contributed by atoms with Gasteiger partial charge in [-0.05, 0) is 35.9 Å². The Morgan fingerprint density at radius 2 is 2.11 bits per heavy atom. The summed E-state index contributed by atoms with van der Waals surface area (Å²) in [6.45, 7) is 0. The van der Waals surface area contributed by atoms with E-state index in [2.05, 4.69) is 33.3 Å². The number of hydrogen-bond acceptors (Lipinski definition) is 2. The lowest BCUT2D eigenvalue weighted by atomic mass is 10.1. The van der Waals surface area contributed by atoms with Crippen molar-refractivity contribution in [3.8, 4) is 11.1 Å². The van der Waals surface area contributed by atoms with Gasteiger partial charge in [0, 0.05) is 35.7 Å². The van der Waals surface area contributed by atoms with Crippen molar-refractivity contribution < 1.29 is 0 Å². The van der Waals surface area contributed by atoms with E-state index in [-0.39, 0.29) is 0 Å². The molecule has 0 spiro atoms. The van der Waals surface area contributed by atoms with E-state index in [1.165, 1.54) is 11.1 Å². The molecule has 18 heavy (non-hydrogen) atoms. The molecule has 0 atom stereocenters. The molecule has 0 fully saturated rings. The molecule has 0 amide bonds. The molecule has 4 heteroatoms. The number of hydrogen-bond donors (Lipinski definition) is 1. The number of nitrogens with zero attached hydrogens (tertiary/aromatic N) is 3. The van der Waals surface area contributed by atoms with Crippen molar-refractivity contribution in [1.82, 2.24) is 19.6 Å². The molecule has 0 radical (unpaired) electrons. The zero-order chi connectivity index (χ0) is 11.9. The van der Waals surface area contributed by atoms with Gasteiger partial charge in [-0.25, -0.2) is 9.50 Å². The van der Waals surface area contributed by atoms with Crippen LogP contribution in [0, 0.1) is 0 Å². The SMILES string of the molecule is c1cnc2[nH]cc(-c3ccn4nccc4c3)c2c1. The summed E-state index contributed by atoms with van der Waals surface area (Å²) in [6, 6.07) is 10.2. The Balaban J connectivity index is 2.00. The van der Waals surface area contributed by atoms with E-state index in [0.717, 1.165) is 16.6 Å². The average molecular weight is 234 g/mol. The topological polar surface area (TPSA) is 46.0 Å². The molecular weight excluding hydrogens is 224 g/mol.